The van der Waals surface area contributed by atoms with Crippen LogP contribution in [0.1, 0.15) is 59.6 Å². The van der Waals surface area contributed by atoms with Gasteiger partial charge < -0.3 is 35.2 Å². The Morgan fingerprint density at radius 1 is 1.19 bits per heavy atom. The summed E-state index contributed by atoms with van der Waals surface area (Å²) in [7, 11) is -4.44. The molecule has 1 aliphatic heterocycles. The highest BCUT2D eigenvalue weighted by molar-refractivity contribution is 7.54. The van der Waals surface area contributed by atoms with Gasteiger partial charge in [-0.2, -0.15) is 0 Å². The van der Waals surface area contributed by atoms with Gasteiger partial charge in [-0.15, -0.1) is 0 Å². The lowest BCUT2D eigenvalue weighted by Gasteiger charge is -2.38. The topological polar surface area (TPSA) is 186 Å². The van der Waals surface area contributed by atoms with Gasteiger partial charge in [0.05, 0.1) is 18.0 Å². The van der Waals surface area contributed by atoms with Crippen molar-refractivity contribution in [3.63, 3.8) is 0 Å². The molecule has 0 amide bonds. The Morgan fingerprint density at radius 3 is 2.44 bits per heavy atom. The highest BCUT2D eigenvalue weighted by Gasteiger charge is 2.51. The van der Waals surface area contributed by atoms with Gasteiger partial charge >= 0.3 is 7.60 Å². The molecule has 0 saturated carbocycles. The maximum absolute atomic E-state index is 12.9. The summed E-state index contributed by atoms with van der Waals surface area (Å²) in [5, 5.41) is 30.0. The first kappa shape index (κ1) is 25.0. The number of aliphatic hydroxyl groups excluding tert-OH is 2. The lowest BCUT2D eigenvalue weighted by Crippen LogP contribution is -2.40. The summed E-state index contributed by atoms with van der Waals surface area (Å²) in [6.07, 6.45) is -1.54. The van der Waals surface area contributed by atoms with Gasteiger partial charge in [0.1, 0.15) is 24.1 Å². The van der Waals surface area contributed by atoms with E-state index in [1.165, 1.54) is 17.2 Å². The van der Waals surface area contributed by atoms with Crippen molar-refractivity contribution in [3.8, 4) is 0 Å². The maximum Gasteiger partial charge on any atom is 0.359 e. The van der Waals surface area contributed by atoms with Crippen molar-refractivity contribution in [2.24, 2.45) is 0 Å². The van der Waals surface area contributed by atoms with Crippen LogP contribution in [0.15, 0.2) is 12.7 Å². The summed E-state index contributed by atoms with van der Waals surface area (Å²) in [6, 6.07) is 0. The van der Waals surface area contributed by atoms with E-state index in [-0.39, 0.29) is 25.1 Å². The van der Waals surface area contributed by atoms with Gasteiger partial charge in [-0.1, -0.05) is 20.8 Å². The molecule has 3 heterocycles. The van der Waals surface area contributed by atoms with Crippen LogP contribution in [0.25, 0.3) is 11.2 Å². The van der Waals surface area contributed by atoms with Crippen LogP contribution in [0.2, 0.25) is 0 Å². The average Bonchev–Trinajstić information content (AvgIpc) is 3.30. The molecule has 1 aliphatic rings. The molecule has 1 saturated heterocycles. The SMILES string of the molecule is CCC(C)(C[C@H]1O[C@@H](n2cnc3c(N)ncnc32)[C@H](O)[C@@H]1O)OP(=O)(O)C(O)(CC)CC. The minimum atomic E-state index is -4.44. The third-order valence-electron chi connectivity index (χ3n) is 6.38. The largest absolute Gasteiger partial charge is 0.388 e. The number of hydrogen-bond donors (Lipinski definition) is 5. The average molecular weight is 473 g/mol. The standard InChI is InChI=1S/C19H32N5O7P/c1-5-18(4,31-32(28,29)19(27,6-2)7-3)8-11-13(25)14(26)17(30-11)24-10-23-12-15(20)21-9-22-16(12)24/h9-11,13-14,17,25-27H,5-8H2,1-4H3,(H,28,29)(H2,20,21,22)/t11-,13-,14-,17-,18?/m1/s1. The van der Waals surface area contributed by atoms with Crippen LogP contribution in [-0.2, 0) is 13.8 Å². The number of nitrogens with zero attached hydrogens (tertiary/aromatic N) is 4. The summed E-state index contributed by atoms with van der Waals surface area (Å²) < 4.78 is 25.9. The van der Waals surface area contributed by atoms with E-state index in [1.807, 2.05) is 0 Å². The van der Waals surface area contributed by atoms with Crippen molar-refractivity contribution < 1.29 is 34.0 Å². The summed E-state index contributed by atoms with van der Waals surface area (Å²) >= 11 is 0. The second kappa shape index (κ2) is 8.94. The number of imidazole rings is 1. The van der Waals surface area contributed by atoms with Crippen LogP contribution in [-0.4, -0.2) is 69.0 Å². The lowest BCUT2D eigenvalue weighted by atomic mass is 9.93. The molecule has 2 aromatic rings. The second-order valence-electron chi connectivity index (χ2n) is 8.44. The minimum absolute atomic E-state index is 0.00393. The Kier molecular flexibility index (Phi) is 6.98. The van der Waals surface area contributed by atoms with Crippen molar-refractivity contribution in [2.75, 3.05) is 5.73 Å². The van der Waals surface area contributed by atoms with E-state index in [0.29, 0.717) is 17.6 Å². The third kappa shape index (κ3) is 4.28. The number of ether oxygens (including phenoxy) is 1. The summed E-state index contributed by atoms with van der Waals surface area (Å²) in [4.78, 5) is 22.7. The predicted octanol–water partition coefficient (Wildman–Crippen LogP) is 1.30. The van der Waals surface area contributed by atoms with Gasteiger partial charge in [0.2, 0.25) is 0 Å². The van der Waals surface area contributed by atoms with Crippen molar-refractivity contribution in [1.29, 1.82) is 0 Å². The normalized spacial score (nSPS) is 28.0. The zero-order chi connectivity index (χ0) is 23.9. The van der Waals surface area contributed by atoms with Crippen molar-refractivity contribution in [1.82, 2.24) is 19.5 Å². The lowest BCUT2D eigenvalue weighted by molar-refractivity contribution is -0.0696. The number of aliphatic hydroxyl groups is 3. The maximum atomic E-state index is 12.9. The molecule has 6 atom stereocenters. The fourth-order valence-corrected chi connectivity index (χ4v) is 5.66. The van der Waals surface area contributed by atoms with Gasteiger partial charge in [0, 0.05) is 6.42 Å². The van der Waals surface area contributed by atoms with E-state index >= 15 is 0 Å². The molecule has 2 unspecified atom stereocenters. The Hall–Kier alpha value is -1.66. The molecule has 32 heavy (non-hydrogen) atoms. The van der Waals surface area contributed by atoms with Gasteiger partial charge in [-0.05, 0) is 26.2 Å². The molecule has 0 aliphatic carbocycles. The van der Waals surface area contributed by atoms with E-state index in [2.05, 4.69) is 15.0 Å². The highest BCUT2D eigenvalue weighted by Crippen LogP contribution is 2.60. The number of nitrogens with two attached hydrogens (primary N) is 1. The van der Waals surface area contributed by atoms with Crippen LogP contribution in [0.3, 0.4) is 0 Å². The molecule has 3 rings (SSSR count). The predicted molar refractivity (Wildman–Crippen MR) is 115 cm³/mol. The molecule has 0 bridgehead atoms. The molecule has 13 heteroatoms. The van der Waals surface area contributed by atoms with E-state index in [0.717, 1.165) is 0 Å². The molecule has 2 aromatic heterocycles. The summed E-state index contributed by atoms with van der Waals surface area (Å²) in [6.45, 7) is 6.58. The Morgan fingerprint density at radius 2 is 1.84 bits per heavy atom. The first-order valence-electron chi connectivity index (χ1n) is 10.6. The van der Waals surface area contributed by atoms with Gasteiger partial charge in [-0.25, -0.2) is 15.0 Å². The summed E-state index contributed by atoms with van der Waals surface area (Å²) in [5.74, 6) is 0.170. The fourth-order valence-electron chi connectivity index (χ4n) is 3.89. The minimum Gasteiger partial charge on any atom is -0.388 e. The molecular weight excluding hydrogens is 441 g/mol. The third-order valence-corrected chi connectivity index (χ3v) is 8.75. The van der Waals surface area contributed by atoms with Crippen LogP contribution in [0.4, 0.5) is 5.82 Å². The molecule has 1 fully saturated rings. The number of fused-ring (bicyclic) bond motifs is 1. The van der Waals surface area contributed by atoms with Gasteiger partial charge in [0.15, 0.2) is 23.0 Å². The number of anilines is 1. The smallest absolute Gasteiger partial charge is 0.359 e. The van der Waals surface area contributed by atoms with E-state index in [4.69, 9.17) is 15.0 Å². The molecular formula is C19H32N5O7P. The van der Waals surface area contributed by atoms with E-state index in [9.17, 15) is 24.8 Å². The number of nitrogen functional groups attached to an aromatic ring is 1. The molecule has 12 nitrogen and oxygen atoms in total. The Bertz CT molecular complexity index is 1000. The molecule has 180 valence electrons. The van der Waals surface area contributed by atoms with Crippen molar-refractivity contribution >= 4 is 24.6 Å². The number of aromatic nitrogens is 4. The molecule has 0 spiro atoms. The van der Waals surface area contributed by atoms with Gasteiger partial charge in [-0.3, -0.25) is 9.13 Å². The fraction of sp³-hybridized carbons (Fsp3) is 0.737. The first-order valence-corrected chi connectivity index (χ1v) is 12.2. The monoisotopic (exact) mass is 473 g/mol. The zero-order valence-electron chi connectivity index (χ0n) is 18.6. The van der Waals surface area contributed by atoms with Crippen molar-refractivity contribution in [3.05, 3.63) is 12.7 Å². The summed E-state index contributed by atoms with van der Waals surface area (Å²) in [5.41, 5.74) is 5.26. The van der Waals surface area contributed by atoms with Crippen LogP contribution in [0.5, 0.6) is 0 Å². The zero-order valence-corrected chi connectivity index (χ0v) is 19.5. The van der Waals surface area contributed by atoms with Crippen LogP contribution < -0.4 is 5.73 Å². The molecule has 0 radical (unpaired) electrons. The van der Waals surface area contributed by atoms with Crippen molar-refractivity contribution in [2.45, 2.75) is 88.9 Å². The van der Waals surface area contributed by atoms with Crippen LogP contribution >= 0.6 is 7.60 Å². The molecule has 0 aromatic carbocycles. The Labute approximate surface area is 186 Å². The molecule has 6 N–H and O–H groups in total. The second-order valence-corrected chi connectivity index (χ2v) is 10.5. The number of hydrogen-bond acceptors (Lipinski definition) is 10. The Balaban J connectivity index is 1.83. The highest BCUT2D eigenvalue weighted by atomic mass is 31.2. The first-order chi connectivity index (χ1) is 14.9. The van der Waals surface area contributed by atoms with E-state index in [1.54, 1.807) is 27.7 Å². The van der Waals surface area contributed by atoms with Crippen LogP contribution in [0, 0.1) is 0 Å². The number of rotatable bonds is 9. The quantitative estimate of drug-likeness (QED) is 0.330. The van der Waals surface area contributed by atoms with E-state index < -0.39 is 43.1 Å². The van der Waals surface area contributed by atoms with Gasteiger partial charge in [0.25, 0.3) is 0 Å².